The van der Waals surface area contributed by atoms with Crippen molar-refractivity contribution in [1.29, 1.82) is 0 Å². The number of allylic oxidation sites excluding steroid dienone is 2. The first-order valence-electron chi connectivity index (χ1n) is 11.2. The van der Waals surface area contributed by atoms with E-state index in [1.54, 1.807) is 16.0 Å². The molecule has 0 radical (unpaired) electrons. The minimum Gasteiger partial charge on any atom is -0.444 e. The second kappa shape index (κ2) is 9.67. The van der Waals surface area contributed by atoms with Gasteiger partial charge in [-0.15, -0.1) is 0 Å². The van der Waals surface area contributed by atoms with Crippen LogP contribution in [0.3, 0.4) is 0 Å². The molecule has 2 amide bonds. The molecule has 1 aromatic carbocycles. The number of amides is 2. The van der Waals surface area contributed by atoms with Crippen LogP contribution in [0.15, 0.2) is 48.7 Å². The number of hydrogen-bond acceptors (Lipinski definition) is 5. The molecular weight excluding hydrogens is 406 g/mol. The van der Waals surface area contributed by atoms with E-state index >= 15 is 0 Å². The van der Waals surface area contributed by atoms with Gasteiger partial charge in [0.25, 0.3) is 0 Å². The molecule has 32 heavy (non-hydrogen) atoms. The number of anilines is 1. The summed E-state index contributed by atoms with van der Waals surface area (Å²) in [4.78, 5) is 30.5. The highest BCUT2D eigenvalue weighted by molar-refractivity contribution is 5.70. The van der Waals surface area contributed by atoms with Crippen molar-refractivity contribution in [3.05, 3.63) is 54.3 Å². The van der Waals surface area contributed by atoms with Gasteiger partial charge in [-0.05, 0) is 52.7 Å². The lowest BCUT2D eigenvalue weighted by Gasteiger charge is -2.46. The number of carbonyl (C=O) groups is 2. The van der Waals surface area contributed by atoms with Crippen molar-refractivity contribution in [2.45, 2.75) is 58.3 Å². The average molecular weight is 442 g/mol. The van der Waals surface area contributed by atoms with Gasteiger partial charge in [-0.1, -0.05) is 30.4 Å². The van der Waals surface area contributed by atoms with Crippen molar-refractivity contribution >= 4 is 17.9 Å². The zero-order valence-corrected chi connectivity index (χ0v) is 19.8. The normalized spacial score (nSPS) is 17.8. The smallest absolute Gasteiger partial charge is 0.414 e. The van der Waals surface area contributed by atoms with E-state index in [4.69, 9.17) is 9.47 Å². The SMILES string of the molecule is CN(C(=O)OC(C)(C)C)C1(C)CCN(c2ccccc2COC(=O)N2C=CC=CC2)CC1. The van der Waals surface area contributed by atoms with Crippen LogP contribution in [0.1, 0.15) is 46.1 Å². The number of benzene rings is 1. The van der Waals surface area contributed by atoms with E-state index in [0.717, 1.165) is 37.2 Å². The van der Waals surface area contributed by atoms with Gasteiger partial charge in [0.15, 0.2) is 0 Å². The van der Waals surface area contributed by atoms with E-state index in [0.29, 0.717) is 6.54 Å². The molecule has 1 aromatic rings. The quantitative estimate of drug-likeness (QED) is 0.663. The van der Waals surface area contributed by atoms with E-state index < -0.39 is 5.60 Å². The third-order valence-electron chi connectivity index (χ3n) is 6.05. The molecule has 1 saturated heterocycles. The Morgan fingerprint density at radius 3 is 2.44 bits per heavy atom. The second-order valence-electron chi connectivity index (χ2n) is 9.63. The molecule has 2 aliphatic heterocycles. The number of carbonyl (C=O) groups excluding carboxylic acids is 2. The van der Waals surface area contributed by atoms with Gasteiger partial charge in [-0.3, -0.25) is 4.90 Å². The Bertz CT molecular complexity index is 879. The van der Waals surface area contributed by atoms with E-state index in [9.17, 15) is 9.59 Å². The first-order valence-corrected chi connectivity index (χ1v) is 11.2. The Hall–Kier alpha value is -2.96. The Kier molecular flexibility index (Phi) is 7.16. The summed E-state index contributed by atoms with van der Waals surface area (Å²) in [6, 6.07) is 8.02. The molecule has 0 unspecified atom stereocenters. The van der Waals surface area contributed by atoms with Gasteiger partial charge in [0.05, 0.1) is 0 Å². The predicted molar refractivity (Wildman–Crippen MR) is 125 cm³/mol. The molecule has 0 spiro atoms. The van der Waals surface area contributed by atoms with Crippen molar-refractivity contribution in [1.82, 2.24) is 9.80 Å². The maximum atomic E-state index is 12.6. The van der Waals surface area contributed by atoms with Gasteiger partial charge >= 0.3 is 12.2 Å². The van der Waals surface area contributed by atoms with E-state index in [1.165, 1.54) is 0 Å². The lowest BCUT2D eigenvalue weighted by atomic mass is 9.88. The molecule has 0 N–H and O–H groups in total. The van der Waals surface area contributed by atoms with Crippen molar-refractivity contribution in [3.63, 3.8) is 0 Å². The van der Waals surface area contributed by atoms with Crippen LogP contribution in [0.25, 0.3) is 0 Å². The van der Waals surface area contributed by atoms with E-state index in [1.807, 2.05) is 64.2 Å². The maximum absolute atomic E-state index is 12.6. The van der Waals surface area contributed by atoms with Gasteiger partial charge in [-0.25, -0.2) is 9.59 Å². The molecule has 7 nitrogen and oxygen atoms in total. The Labute approximate surface area is 191 Å². The van der Waals surface area contributed by atoms with Gasteiger partial charge in [0, 0.05) is 49.7 Å². The first kappa shape index (κ1) is 23.7. The van der Waals surface area contributed by atoms with Crippen LogP contribution in [-0.2, 0) is 16.1 Å². The second-order valence-corrected chi connectivity index (χ2v) is 9.63. The number of rotatable bonds is 4. The highest BCUT2D eigenvalue weighted by Crippen LogP contribution is 2.33. The van der Waals surface area contributed by atoms with Crippen molar-refractivity contribution in [2.24, 2.45) is 0 Å². The fourth-order valence-corrected chi connectivity index (χ4v) is 3.88. The van der Waals surface area contributed by atoms with Gasteiger partial charge in [0.1, 0.15) is 12.2 Å². The molecule has 0 bridgehead atoms. The molecule has 7 heteroatoms. The average Bonchev–Trinajstić information content (AvgIpc) is 2.77. The molecule has 0 saturated carbocycles. The van der Waals surface area contributed by atoms with Crippen LogP contribution in [-0.4, -0.2) is 59.8 Å². The lowest BCUT2D eigenvalue weighted by molar-refractivity contribution is 0.00347. The monoisotopic (exact) mass is 441 g/mol. The maximum Gasteiger partial charge on any atom is 0.414 e. The van der Waals surface area contributed by atoms with E-state index in [2.05, 4.69) is 17.9 Å². The Balaban J connectivity index is 1.61. The van der Waals surface area contributed by atoms with Crippen LogP contribution in [0.4, 0.5) is 15.3 Å². The summed E-state index contributed by atoms with van der Waals surface area (Å²) in [5.74, 6) is 0. The van der Waals surface area contributed by atoms with Crippen LogP contribution in [0.2, 0.25) is 0 Å². The van der Waals surface area contributed by atoms with Crippen LogP contribution >= 0.6 is 0 Å². The predicted octanol–water partition coefficient (Wildman–Crippen LogP) is 4.93. The molecule has 0 atom stereocenters. The minimum atomic E-state index is -0.515. The number of para-hydroxylation sites is 1. The molecule has 174 valence electrons. The third-order valence-corrected chi connectivity index (χ3v) is 6.05. The number of nitrogens with zero attached hydrogens (tertiary/aromatic N) is 3. The molecule has 1 fully saturated rings. The molecule has 0 aliphatic carbocycles. The molecule has 2 heterocycles. The van der Waals surface area contributed by atoms with Crippen LogP contribution in [0, 0.1) is 0 Å². The molecule has 0 aromatic heterocycles. The zero-order valence-electron chi connectivity index (χ0n) is 19.8. The van der Waals surface area contributed by atoms with Crippen LogP contribution in [0.5, 0.6) is 0 Å². The summed E-state index contributed by atoms with van der Waals surface area (Å²) < 4.78 is 11.1. The van der Waals surface area contributed by atoms with Gasteiger partial charge in [-0.2, -0.15) is 0 Å². The number of hydrogen-bond donors (Lipinski definition) is 0. The number of ether oxygens (including phenoxy) is 2. The summed E-state index contributed by atoms with van der Waals surface area (Å²) in [6.45, 7) is 10.1. The largest absolute Gasteiger partial charge is 0.444 e. The highest BCUT2D eigenvalue weighted by atomic mass is 16.6. The third kappa shape index (κ3) is 5.84. The van der Waals surface area contributed by atoms with E-state index in [-0.39, 0.29) is 24.3 Å². The summed E-state index contributed by atoms with van der Waals surface area (Å²) in [6.07, 6.45) is 8.35. The van der Waals surface area contributed by atoms with Crippen molar-refractivity contribution < 1.29 is 19.1 Å². The Morgan fingerprint density at radius 1 is 1.12 bits per heavy atom. The summed E-state index contributed by atoms with van der Waals surface area (Å²) in [5, 5.41) is 0. The summed E-state index contributed by atoms with van der Waals surface area (Å²) in [5.41, 5.74) is 1.26. The Morgan fingerprint density at radius 2 is 1.81 bits per heavy atom. The minimum absolute atomic E-state index is 0.217. The topological polar surface area (TPSA) is 62.3 Å². The van der Waals surface area contributed by atoms with Crippen molar-refractivity contribution in [2.75, 3.05) is 31.6 Å². The lowest BCUT2D eigenvalue weighted by Crippen LogP contribution is -2.55. The van der Waals surface area contributed by atoms with Crippen molar-refractivity contribution in [3.8, 4) is 0 Å². The fourth-order valence-electron chi connectivity index (χ4n) is 3.88. The molecule has 2 aliphatic rings. The molecular formula is C25H35N3O4. The highest BCUT2D eigenvalue weighted by Gasteiger charge is 2.38. The fraction of sp³-hybridized carbons (Fsp3) is 0.520. The van der Waals surface area contributed by atoms with Gasteiger partial charge in [0.2, 0.25) is 0 Å². The van der Waals surface area contributed by atoms with Gasteiger partial charge < -0.3 is 19.3 Å². The van der Waals surface area contributed by atoms with Crippen LogP contribution < -0.4 is 4.90 Å². The number of piperidine rings is 1. The summed E-state index contributed by atoms with van der Waals surface area (Å²) >= 11 is 0. The first-order chi connectivity index (χ1) is 15.1. The standard InChI is InChI=1S/C25H35N3O4/c1-24(2,3)32-22(29)26(5)25(4)13-17-27(18-14-25)21-12-8-7-11-20(21)19-31-23(30)28-15-9-6-10-16-28/h6-12,15H,13-14,16-19H2,1-5H3. The zero-order chi connectivity index (χ0) is 23.4. The molecule has 3 rings (SSSR count). The summed E-state index contributed by atoms with van der Waals surface area (Å²) in [7, 11) is 1.82.